The van der Waals surface area contributed by atoms with Gasteiger partial charge in [0.1, 0.15) is 11.4 Å². The molecule has 0 fully saturated rings. The van der Waals surface area contributed by atoms with Crippen LogP contribution in [0.2, 0.25) is 0 Å². The van der Waals surface area contributed by atoms with Gasteiger partial charge in [-0.05, 0) is 13.0 Å². The Kier molecular flexibility index (Phi) is 1.95. The molecule has 2 heterocycles. The van der Waals surface area contributed by atoms with Crippen molar-refractivity contribution in [1.82, 2.24) is 19.6 Å². The molecular formula is C11H13N5O2. The van der Waals surface area contributed by atoms with E-state index in [4.69, 9.17) is 0 Å². The minimum atomic E-state index is -0.0961. The summed E-state index contributed by atoms with van der Waals surface area (Å²) in [5.74, 6) is 0.924. The fourth-order valence-corrected chi connectivity index (χ4v) is 2.05. The first kappa shape index (κ1) is 10.7. The van der Waals surface area contributed by atoms with E-state index in [0.29, 0.717) is 28.5 Å². The first-order chi connectivity index (χ1) is 8.49. The van der Waals surface area contributed by atoms with Gasteiger partial charge in [0.2, 0.25) is 5.88 Å². The van der Waals surface area contributed by atoms with Crippen molar-refractivity contribution in [3.63, 3.8) is 0 Å². The highest BCUT2D eigenvalue weighted by molar-refractivity contribution is 5.86. The molecule has 0 spiro atoms. The number of hydrogen-bond donors (Lipinski definition) is 3. The third kappa shape index (κ3) is 1.24. The SMILES string of the molecule is Cc1nc2nc3cc(N(C)C)c(O)c-3c(O)n2[nH]1. The first-order valence-corrected chi connectivity index (χ1v) is 5.46. The number of anilines is 1. The molecule has 0 unspecified atom stereocenters. The summed E-state index contributed by atoms with van der Waals surface area (Å²) in [7, 11) is 3.62. The molecule has 18 heavy (non-hydrogen) atoms. The first-order valence-electron chi connectivity index (χ1n) is 5.46. The lowest BCUT2D eigenvalue weighted by Crippen LogP contribution is -2.07. The summed E-state index contributed by atoms with van der Waals surface area (Å²) >= 11 is 0. The van der Waals surface area contributed by atoms with Crippen molar-refractivity contribution >= 4 is 11.5 Å². The molecule has 0 saturated heterocycles. The van der Waals surface area contributed by atoms with Crippen molar-refractivity contribution in [3.05, 3.63) is 11.9 Å². The number of aromatic amines is 1. The van der Waals surface area contributed by atoms with Crippen LogP contribution in [-0.2, 0) is 0 Å². The van der Waals surface area contributed by atoms with E-state index < -0.39 is 0 Å². The third-order valence-corrected chi connectivity index (χ3v) is 2.89. The van der Waals surface area contributed by atoms with Gasteiger partial charge in [0.25, 0.3) is 5.78 Å². The van der Waals surface area contributed by atoms with Crippen LogP contribution in [0.25, 0.3) is 17.0 Å². The third-order valence-electron chi connectivity index (χ3n) is 2.89. The second kappa shape index (κ2) is 3.28. The van der Waals surface area contributed by atoms with E-state index in [2.05, 4.69) is 15.1 Å². The van der Waals surface area contributed by atoms with Gasteiger partial charge in [-0.3, -0.25) is 5.10 Å². The number of H-pyrrole nitrogens is 1. The fraction of sp³-hybridized carbons (Fsp3) is 0.273. The van der Waals surface area contributed by atoms with Crippen LogP contribution in [0.5, 0.6) is 11.6 Å². The molecular weight excluding hydrogens is 234 g/mol. The summed E-state index contributed by atoms with van der Waals surface area (Å²) in [6.45, 7) is 1.77. The molecule has 1 aliphatic carbocycles. The topological polar surface area (TPSA) is 89.7 Å². The fourth-order valence-electron chi connectivity index (χ4n) is 2.05. The standard InChI is InChI=1S/C11H13N5O2/c1-5-12-11-13-6-4-7(15(2)3)9(17)8(6)10(18)16(11)14-5/h4,17-18H,1-3H3,(H,12,13,14). The number of aromatic hydroxyl groups is 2. The Morgan fingerprint density at radius 3 is 2.67 bits per heavy atom. The maximum Gasteiger partial charge on any atom is 0.254 e. The summed E-state index contributed by atoms with van der Waals surface area (Å²) in [5, 5.41) is 23.1. The Labute approximate surface area is 103 Å². The molecule has 2 aliphatic rings. The second-order valence-electron chi connectivity index (χ2n) is 4.41. The molecule has 0 amide bonds. The monoisotopic (exact) mass is 247 g/mol. The molecule has 94 valence electrons. The van der Waals surface area contributed by atoms with Gasteiger partial charge in [-0.1, -0.05) is 0 Å². The van der Waals surface area contributed by atoms with E-state index in [-0.39, 0.29) is 11.6 Å². The van der Waals surface area contributed by atoms with Crippen molar-refractivity contribution < 1.29 is 10.2 Å². The van der Waals surface area contributed by atoms with Gasteiger partial charge < -0.3 is 15.1 Å². The Bertz CT molecular complexity index is 712. The van der Waals surface area contributed by atoms with E-state index >= 15 is 0 Å². The van der Waals surface area contributed by atoms with Crippen LogP contribution < -0.4 is 4.90 Å². The zero-order chi connectivity index (χ0) is 13.0. The zero-order valence-electron chi connectivity index (χ0n) is 10.3. The normalized spacial score (nSPS) is 11.5. The smallest absolute Gasteiger partial charge is 0.254 e. The number of nitrogens with one attached hydrogen (secondary N) is 1. The molecule has 0 atom stereocenters. The maximum atomic E-state index is 10.2. The molecule has 0 radical (unpaired) electrons. The van der Waals surface area contributed by atoms with Gasteiger partial charge in [0.05, 0.1) is 11.4 Å². The van der Waals surface area contributed by atoms with Crippen molar-refractivity contribution in [2.24, 2.45) is 0 Å². The number of hydrogen-bond acceptors (Lipinski definition) is 5. The maximum absolute atomic E-state index is 10.2. The summed E-state index contributed by atoms with van der Waals surface area (Å²) < 4.78 is 1.34. The average molecular weight is 247 g/mol. The minimum absolute atomic E-state index is 0.0154. The van der Waals surface area contributed by atoms with Crippen LogP contribution in [0.1, 0.15) is 5.82 Å². The van der Waals surface area contributed by atoms with Gasteiger partial charge in [-0.15, -0.1) is 0 Å². The molecule has 3 N–H and O–H groups in total. The summed E-state index contributed by atoms with van der Waals surface area (Å²) in [4.78, 5) is 10.2. The molecule has 0 bridgehead atoms. The van der Waals surface area contributed by atoms with E-state index in [1.165, 1.54) is 4.52 Å². The van der Waals surface area contributed by atoms with E-state index in [9.17, 15) is 10.2 Å². The lowest BCUT2D eigenvalue weighted by Gasteiger charge is -2.10. The van der Waals surface area contributed by atoms with Crippen LogP contribution in [0, 0.1) is 6.92 Å². The lowest BCUT2D eigenvalue weighted by atomic mass is 10.2. The minimum Gasteiger partial charge on any atom is -0.505 e. The van der Waals surface area contributed by atoms with Gasteiger partial charge in [-0.2, -0.15) is 9.50 Å². The van der Waals surface area contributed by atoms with Gasteiger partial charge in [0, 0.05) is 14.1 Å². The number of aryl methyl sites for hydroxylation is 1. The average Bonchev–Trinajstić information content (AvgIpc) is 2.80. The number of rotatable bonds is 1. The van der Waals surface area contributed by atoms with Crippen molar-refractivity contribution in [2.45, 2.75) is 6.92 Å². The largest absolute Gasteiger partial charge is 0.505 e. The van der Waals surface area contributed by atoms with Crippen molar-refractivity contribution in [1.29, 1.82) is 0 Å². The summed E-state index contributed by atoms with van der Waals surface area (Å²) in [6, 6.07) is 1.72. The summed E-state index contributed by atoms with van der Waals surface area (Å²) in [6.07, 6.45) is 0. The summed E-state index contributed by atoms with van der Waals surface area (Å²) in [5.41, 5.74) is 1.44. The molecule has 1 aliphatic heterocycles. The highest BCUT2D eigenvalue weighted by atomic mass is 16.3. The zero-order valence-corrected chi connectivity index (χ0v) is 10.3. The van der Waals surface area contributed by atoms with E-state index in [1.807, 2.05) is 14.1 Å². The molecule has 0 aromatic carbocycles. The van der Waals surface area contributed by atoms with Crippen LogP contribution in [0.3, 0.4) is 0 Å². The molecule has 1 aromatic heterocycles. The van der Waals surface area contributed by atoms with Crippen LogP contribution >= 0.6 is 0 Å². The number of aromatic nitrogens is 4. The number of fused-ring (bicyclic) bond motifs is 2. The van der Waals surface area contributed by atoms with Gasteiger partial charge in [-0.25, -0.2) is 4.98 Å². The van der Waals surface area contributed by atoms with Crippen molar-refractivity contribution in [2.75, 3.05) is 19.0 Å². The number of nitrogens with zero attached hydrogens (tertiary/aromatic N) is 4. The quantitative estimate of drug-likeness (QED) is 0.595. The van der Waals surface area contributed by atoms with Gasteiger partial charge in [0.15, 0.2) is 5.75 Å². The Morgan fingerprint density at radius 1 is 1.28 bits per heavy atom. The van der Waals surface area contributed by atoms with Crippen LogP contribution in [0.15, 0.2) is 6.07 Å². The lowest BCUT2D eigenvalue weighted by molar-refractivity contribution is 0.428. The molecule has 3 rings (SSSR count). The predicted octanol–water partition coefficient (Wildman–Crippen LogP) is 0.948. The Balaban J connectivity index is 2.44. The van der Waals surface area contributed by atoms with Crippen LogP contribution in [-0.4, -0.2) is 43.9 Å². The molecule has 7 heteroatoms. The second-order valence-corrected chi connectivity index (χ2v) is 4.41. The Morgan fingerprint density at radius 2 is 2.00 bits per heavy atom. The van der Waals surface area contributed by atoms with Gasteiger partial charge >= 0.3 is 0 Å². The predicted molar refractivity (Wildman–Crippen MR) is 66.4 cm³/mol. The highest BCUT2D eigenvalue weighted by Crippen LogP contribution is 2.46. The van der Waals surface area contributed by atoms with Crippen molar-refractivity contribution in [3.8, 4) is 22.9 Å². The Hall–Kier alpha value is -2.44. The van der Waals surface area contributed by atoms with E-state index in [0.717, 1.165) is 0 Å². The molecule has 7 nitrogen and oxygen atoms in total. The molecule has 0 saturated carbocycles. The van der Waals surface area contributed by atoms with E-state index in [1.54, 1.807) is 17.9 Å². The highest BCUT2D eigenvalue weighted by Gasteiger charge is 2.25. The van der Waals surface area contributed by atoms with Crippen LogP contribution in [0.4, 0.5) is 5.69 Å². The molecule has 1 aromatic rings.